The second kappa shape index (κ2) is 4.61. The number of benzene rings is 2. The molecular formula is C15H12O4Si. The van der Waals surface area contributed by atoms with Crippen LogP contribution < -0.4 is 9.92 Å². The fourth-order valence-corrected chi connectivity index (χ4v) is 2.61. The van der Waals surface area contributed by atoms with E-state index in [1.807, 2.05) is 12.1 Å². The number of phenols is 1. The summed E-state index contributed by atoms with van der Waals surface area (Å²) >= 11 is 0. The summed E-state index contributed by atoms with van der Waals surface area (Å²) in [6.07, 6.45) is 0. The van der Waals surface area contributed by atoms with E-state index in [2.05, 4.69) is 0 Å². The van der Waals surface area contributed by atoms with Gasteiger partial charge in [-0.3, -0.25) is 9.59 Å². The summed E-state index contributed by atoms with van der Waals surface area (Å²) < 4.78 is 5.17. The summed E-state index contributed by atoms with van der Waals surface area (Å²) in [5.41, 5.74) is 0.959. The van der Waals surface area contributed by atoms with Crippen LogP contribution in [0.2, 0.25) is 0 Å². The standard InChI is InChI=1S/C15H12O4Si/c16-9-3-6-11-12(7-9)19-15(18)13(14(11)17)8-1-4-10(20)5-2-8/h1-7,13,16H,20H3. The molecule has 0 aromatic heterocycles. The van der Waals surface area contributed by atoms with Gasteiger partial charge in [-0.05, 0) is 17.7 Å². The topological polar surface area (TPSA) is 63.6 Å². The summed E-state index contributed by atoms with van der Waals surface area (Å²) in [7, 11) is 0.918. The van der Waals surface area contributed by atoms with Crippen molar-refractivity contribution in [2.24, 2.45) is 0 Å². The first-order chi connectivity index (χ1) is 9.56. The van der Waals surface area contributed by atoms with Crippen molar-refractivity contribution in [3.63, 3.8) is 0 Å². The third kappa shape index (κ3) is 2.02. The number of carbonyl (C=O) groups is 2. The molecule has 0 saturated carbocycles. The van der Waals surface area contributed by atoms with Crippen molar-refractivity contribution in [1.82, 2.24) is 0 Å². The molecule has 1 N–H and O–H groups in total. The molecule has 0 fully saturated rings. The van der Waals surface area contributed by atoms with Crippen molar-refractivity contribution in [2.45, 2.75) is 5.92 Å². The van der Waals surface area contributed by atoms with Crippen LogP contribution in [0, 0.1) is 0 Å². The van der Waals surface area contributed by atoms with Crippen molar-refractivity contribution in [1.29, 1.82) is 0 Å². The summed E-state index contributed by atoms with van der Waals surface area (Å²) in [5, 5.41) is 10.6. The highest BCUT2D eigenvalue weighted by atomic mass is 28.1. The Bertz CT molecular complexity index is 706. The number of fused-ring (bicyclic) bond motifs is 1. The molecule has 1 aliphatic heterocycles. The zero-order valence-corrected chi connectivity index (χ0v) is 12.8. The Balaban J connectivity index is 2.06. The van der Waals surface area contributed by atoms with Crippen molar-refractivity contribution in [2.75, 3.05) is 0 Å². The number of ketones is 1. The second-order valence-corrected chi connectivity index (χ2v) is 5.96. The molecule has 0 aliphatic carbocycles. The average molecular weight is 284 g/mol. The van der Waals surface area contributed by atoms with Crippen LogP contribution in [0.25, 0.3) is 0 Å². The quantitative estimate of drug-likeness (QED) is 0.353. The van der Waals surface area contributed by atoms with E-state index in [1.54, 1.807) is 12.1 Å². The minimum atomic E-state index is -0.922. The van der Waals surface area contributed by atoms with Gasteiger partial charge in [-0.15, -0.1) is 0 Å². The molecular weight excluding hydrogens is 272 g/mol. The number of esters is 1. The fourth-order valence-electron chi connectivity index (χ4n) is 2.28. The number of hydrogen-bond acceptors (Lipinski definition) is 4. The minimum Gasteiger partial charge on any atom is -0.508 e. The lowest BCUT2D eigenvalue weighted by Crippen LogP contribution is -2.31. The van der Waals surface area contributed by atoms with Gasteiger partial charge in [0.2, 0.25) is 0 Å². The summed E-state index contributed by atoms with van der Waals surface area (Å²) in [6.45, 7) is 0. The van der Waals surface area contributed by atoms with Crippen molar-refractivity contribution >= 4 is 27.2 Å². The van der Waals surface area contributed by atoms with E-state index in [0.717, 1.165) is 10.2 Å². The lowest BCUT2D eigenvalue weighted by atomic mass is 9.88. The van der Waals surface area contributed by atoms with Crippen LogP contribution in [-0.2, 0) is 4.79 Å². The minimum absolute atomic E-state index is 0.0388. The molecule has 0 spiro atoms. The van der Waals surface area contributed by atoms with Crippen LogP contribution >= 0.6 is 0 Å². The van der Waals surface area contributed by atoms with E-state index in [4.69, 9.17) is 4.74 Å². The number of Topliss-reactive ketones (excluding diaryl/α,β-unsaturated/α-hetero) is 1. The summed E-state index contributed by atoms with van der Waals surface area (Å²) in [4.78, 5) is 24.5. The predicted octanol–water partition coefficient (Wildman–Crippen LogP) is 0.268. The maximum Gasteiger partial charge on any atom is 0.326 e. The fraction of sp³-hybridized carbons (Fsp3) is 0.0667. The molecule has 0 radical (unpaired) electrons. The van der Waals surface area contributed by atoms with Gasteiger partial charge in [0.1, 0.15) is 17.4 Å². The molecule has 1 unspecified atom stereocenters. The van der Waals surface area contributed by atoms with Crippen molar-refractivity contribution in [3.05, 3.63) is 53.6 Å². The van der Waals surface area contributed by atoms with Crippen LogP contribution in [-0.4, -0.2) is 27.1 Å². The van der Waals surface area contributed by atoms with Crippen LogP contribution in [0.3, 0.4) is 0 Å². The Morgan fingerprint density at radius 2 is 1.75 bits per heavy atom. The van der Waals surface area contributed by atoms with Gasteiger partial charge in [-0.25, -0.2) is 0 Å². The van der Waals surface area contributed by atoms with E-state index >= 15 is 0 Å². The van der Waals surface area contributed by atoms with E-state index in [9.17, 15) is 14.7 Å². The van der Waals surface area contributed by atoms with Gasteiger partial charge in [0, 0.05) is 16.3 Å². The lowest BCUT2D eigenvalue weighted by molar-refractivity contribution is -0.135. The molecule has 5 heteroatoms. The van der Waals surface area contributed by atoms with Gasteiger partial charge < -0.3 is 9.84 Å². The number of hydrogen-bond donors (Lipinski definition) is 1. The van der Waals surface area contributed by atoms with Gasteiger partial charge >= 0.3 is 5.97 Å². The SMILES string of the molecule is O=C1Oc2cc(O)ccc2C(=O)C1c1ccc([SiH3])cc1. The molecule has 20 heavy (non-hydrogen) atoms. The largest absolute Gasteiger partial charge is 0.508 e. The van der Waals surface area contributed by atoms with Gasteiger partial charge in [-0.1, -0.05) is 29.5 Å². The third-order valence-electron chi connectivity index (χ3n) is 3.35. The Morgan fingerprint density at radius 1 is 1.05 bits per heavy atom. The first-order valence-corrected chi connectivity index (χ1v) is 7.22. The molecule has 0 bridgehead atoms. The van der Waals surface area contributed by atoms with Crippen LogP contribution in [0.15, 0.2) is 42.5 Å². The van der Waals surface area contributed by atoms with Crippen LogP contribution in [0.4, 0.5) is 0 Å². The van der Waals surface area contributed by atoms with Crippen molar-refractivity contribution in [3.8, 4) is 11.5 Å². The number of carbonyl (C=O) groups excluding carboxylic acids is 2. The third-order valence-corrected chi connectivity index (χ3v) is 4.02. The van der Waals surface area contributed by atoms with Gasteiger partial charge in [-0.2, -0.15) is 0 Å². The van der Waals surface area contributed by atoms with Gasteiger partial charge in [0.05, 0.1) is 5.56 Å². The molecule has 0 amide bonds. The maximum atomic E-state index is 12.5. The van der Waals surface area contributed by atoms with E-state index in [-0.39, 0.29) is 17.3 Å². The first-order valence-electron chi connectivity index (χ1n) is 6.22. The highest BCUT2D eigenvalue weighted by molar-refractivity contribution is 6.32. The molecule has 1 atom stereocenters. The molecule has 100 valence electrons. The number of ether oxygens (including phenoxy) is 1. The van der Waals surface area contributed by atoms with Crippen molar-refractivity contribution < 1.29 is 19.4 Å². The highest BCUT2D eigenvalue weighted by Crippen LogP contribution is 2.35. The molecule has 2 aromatic carbocycles. The Morgan fingerprint density at radius 3 is 2.45 bits per heavy atom. The van der Waals surface area contributed by atoms with Crippen LogP contribution in [0.1, 0.15) is 21.8 Å². The Hall–Kier alpha value is -2.40. The average Bonchev–Trinajstić information content (AvgIpc) is 2.40. The number of aromatic hydroxyl groups is 1. The van der Waals surface area contributed by atoms with E-state index in [1.165, 1.54) is 23.4 Å². The van der Waals surface area contributed by atoms with Crippen LogP contribution in [0.5, 0.6) is 11.5 Å². The lowest BCUT2D eigenvalue weighted by Gasteiger charge is -2.22. The monoisotopic (exact) mass is 284 g/mol. The first kappa shape index (κ1) is 12.6. The molecule has 1 heterocycles. The molecule has 4 nitrogen and oxygen atoms in total. The molecule has 2 aromatic rings. The number of rotatable bonds is 1. The van der Waals surface area contributed by atoms with Gasteiger partial charge in [0.15, 0.2) is 5.78 Å². The zero-order chi connectivity index (χ0) is 14.3. The van der Waals surface area contributed by atoms with E-state index < -0.39 is 11.9 Å². The maximum absolute atomic E-state index is 12.5. The Kier molecular flexibility index (Phi) is 2.91. The normalized spacial score (nSPS) is 17.7. The smallest absolute Gasteiger partial charge is 0.326 e. The highest BCUT2D eigenvalue weighted by Gasteiger charge is 2.37. The van der Waals surface area contributed by atoms with Gasteiger partial charge in [0.25, 0.3) is 0 Å². The summed E-state index contributed by atoms with van der Waals surface area (Å²) in [5.74, 6) is -1.74. The second-order valence-electron chi connectivity index (χ2n) is 4.81. The number of phenolic OH excluding ortho intramolecular Hbond substituents is 1. The Labute approximate surface area is 118 Å². The zero-order valence-electron chi connectivity index (χ0n) is 10.8. The summed E-state index contributed by atoms with van der Waals surface area (Å²) in [6, 6.07) is 11.6. The molecule has 0 saturated heterocycles. The predicted molar refractivity (Wildman–Crippen MR) is 76.8 cm³/mol. The molecule has 3 rings (SSSR count). The van der Waals surface area contributed by atoms with E-state index in [0.29, 0.717) is 11.1 Å². The molecule has 1 aliphatic rings.